The van der Waals surface area contributed by atoms with Gasteiger partial charge in [0.2, 0.25) is 0 Å². The maximum absolute atomic E-state index is 13.0. The van der Waals surface area contributed by atoms with E-state index in [0.29, 0.717) is 21.8 Å². The van der Waals surface area contributed by atoms with Gasteiger partial charge in [0, 0.05) is 11.4 Å². The highest BCUT2D eigenvalue weighted by atomic mass is 32.1. The van der Waals surface area contributed by atoms with E-state index in [2.05, 4.69) is 16.0 Å². The van der Waals surface area contributed by atoms with E-state index in [0.717, 1.165) is 22.5 Å². The molecule has 0 bridgehead atoms. The van der Waals surface area contributed by atoms with Crippen LogP contribution >= 0.6 is 11.3 Å². The first-order valence-electron chi connectivity index (χ1n) is 10.1. The highest BCUT2D eigenvalue weighted by molar-refractivity contribution is 7.19. The van der Waals surface area contributed by atoms with E-state index in [9.17, 15) is 14.4 Å². The summed E-state index contributed by atoms with van der Waals surface area (Å²) in [5, 5.41) is 8.53. The van der Waals surface area contributed by atoms with Gasteiger partial charge >= 0.3 is 12.0 Å². The van der Waals surface area contributed by atoms with Crippen LogP contribution in [-0.4, -0.2) is 24.5 Å². The fraction of sp³-hybridized carbons (Fsp3) is 0.208. The van der Waals surface area contributed by atoms with Crippen LogP contribution < -0.4 is 16.0 Å². The summed E-state index contributed by atoms with van der Waals surface area (Å²) >= 11 is 1.03. The van der Waals surface area contributed by atoms with Crippen molar-refractivity contribution in [2.24, 2.45) is 0 Å². The van der Waals surface area contributed by atoms with Crippen molar-refractivity contribution in [3.8, 4) is 0 Å². The van der Waals surface area contributed by atoms with Crippen LogP contribution in [0.25, 0.3) is 0 Å². The number of carbonyl (C=O) groups excluding carboxylic acids is 3. The quantitative estimate of drug-likeness (QED) is 0.416. The number of hydrogen-bond donors (Lipinski definition) is 3. The summed E-state index contributed by atoms with van der Waals surface area (Å²) in [6.07, 6.45) is 0. The monoisotopic (exact) mass is 451 g/mol. The number of para-hydroxylation sites is 1. The molecule has 1 aromatic heterocycles. The molecule has 0 aliphatic heterocycles. The average Bonchev–Trinajstić information content (AvgIpc) is 3.06. The van der Waals surface area contributed by atoms with Crippen LogP contribution in [0.3, 0.4) is 0 Å². The number of benzene rings is 2. The molecule has 7 nitrogen and oxygen atoms in total. The van der Waals surface area contributed by atoms with E-state index >= 15 is 0 Å². The van der Waals surface area contributed by atoms with E-state index in [1.54, 1.807) is 38.1 Å². The maximum Gasteiger partial charge on any atom is 0.341 e. The molecule has 8 heteroatoms. The van der Waals surface area contributed by atoms with Gasteiger partial charge in [-0.15, -0.1) is 11.3 Å². The highest BCUT2D eigenvalue weighted by Gasteiger charge is 2.27. The Morgan fingerprint density at radius 1 is 0.938 bits per heavy atom. The Labute approximate surface area is 190 Å². The van der Waals surface area contributed by atoms with Crippen LogP contribution in [0, 0.1) is 20.8 Å². The van der Waals surface area contributed by atoms with Crippen LogP contribution in [-0.2, 0) is 4.74 Å². The fourth-order valence-electron chi connectivity index (χ4n) is 3.19. The zero-order chi connectivity index (χ0) is 23.3. The third kappa shape index (κ3) is 5.33. The Hall–Kier alpha value is -3.65. The molecule has 0 unspecified atom stereocenters. The predicted molar refractivity (Wildman–Crippen MR) is 128 cm³/mol. The molecule has 0 atom stereocenters. The standard InChI is InChI=1S/C24H25N3O4S/c1-5-31-23(29)19-16(4)20(21(28)26-18-12-11-14(2)13-15(18)3)32-22(19)27-24(30)25-17-9-7-6-8-10-17/h6-13H,5H2,1-4H3,(H,26,28)(H2,25,27,30). The van der Waals surface area contributed by atoms with Crippen molar-refractivity contribution in [1.82, 2.24) is 0 Å². The SMILES string of the molecule is CCOC(=O)c1c(NC(=O)Nc2ccccc2)sc(C(=O)Nc2ccc(C)cc2C)c1C. The number of urea groups is 1. The molecule has 0 radical (unpaired) electrons. The van der Waals surface area contributed by atoms with Crippen molar-refractivity contribution in [2.75, 3.05) is 22.6 Å². The van der Waals surface area contributed by atoms with E-state index < -0.39 is 12.0 Å². The number of rotatable bonds is 6. The number of aryl methyl sites for hydroxylation is 2. The minimum absolute atomic E-state index is 0.172. The van der Waals surface area contributed by atoms with Gasteiger partial charge in [-0.3, -0.25) is 10.1 Å². The lowest BCUT2D eigenvalue weighted by Gasteiger charge is -2.09. The molecule has 0 aliphatic rings. The summed E-state index contributed by atoms with van der Waals surface area (Å²) in [5.74, 6) is -0.955. The highest BCUT2D eigenvalue weighted by Crippen LogP contribution is 2.34. The van der Waals surface area contributed by atoms with Crippen molar-refractivity contribution < 1.29 is 19.1 Å². The molecule has 3 aromatic rings. The minimum Gasteiger partial charge on any atom is -0.462 e. The molecule has 32 heavy (non-hydrogen) atoms. The first-order valence-corrected chi connectivity index (χ1v) is 10.9. The molecule has 1 heterocycles. The molecule has 166 valence electrons. The number of esters is 1. The van der Waals surface area contributed by atoms with Crippen LogP contribution in [0.5, 0.6) is 0 Å². The van der Waals surface area contributed by atoms with E-state index in [1.165, 1.54) is 0 Å². The van der Waals surface area contributed by atoms with E-state index in [-0.39, 0.29) is 23.1 Å². The number of thiophene rings is 1. The Morgan fingerprint density at radius 3 is 2.31 bits per heavy atom. The van der Waals surface area contributed by atoms with Crippen LogP contribution in [0.2, 0.25) is 0 Å². The summed E-state index contributed by atoms with van der Waals surface area (Å²) < 4.78 is 5.16. The Kier molecular flexibility index (Phi) is 7.27. The topological polar surface area (TPSA) is 96.5 Å². The Morgan fingerprint density at radius 2 is 1.66 bits per heavy atom. The van der Waals surface area contributed by atoms with Crippen LogP contribution in [0.4, 0.5) is 21.2 Å². The molecule has 0 saturated heterocycles. The number of amides is 3. The second kappa shape index (κ2) is 10.1. The van der Waals surface area contributed by atoms with Crippen LogP contribution in [0.1, 0.15) is 43.6 Å². The summed E-state index contributed by atoms with van der Waals surface area (Å²) in [5.41, 5.74) is 3.93. The van der Waals surface area contributed by atoms with Gasteiger partial charge in [0.1, 0.15) is 5.00 Å². The number of carbonyl (C=O) groups is 3. The first-order chi connectivity index (χ1) is 15.3. The van der Waals surface area contributed by atoms with Crippen LogP contribution in [0.15, 0.2) is 48.5 Å². The second-order valence-corrected chi connectivity index (χ2v) is 8.22. The lowest BCUT2D eigenvalue weighted by atomic mass is 10.1. The van der Waals surface area contributed by atoms with Crippen molar-refractivity contribution in [3.05, 3.63) is 75.7 Å². The lowest BCUT2D eigenvalue weighted by Crippen LogP contribution is -2.20. The van der Waals surface area contributed by atoms with Crippen molar-refractivity contribution in [2.45, 2.75) is 27.7 Å². The smallest absolute Gasteiger partial charge is 0.341 e. The third-order valence-electron chi connectivity index (χ3n) is 4.72. The van der Waals surface area contributed by atoms with Crippen molar-refractivity contribution >= 4 is 45.6 Å². The van der Waals surface area contributed by atoms with Gasteiger partial charge < -0.3 is 15.4 Å². The zero-order valence-corrected chi connectivity index (χ0v) is 19.2. The normalized spacial score (nSPS) is 10.4. The van der Waals surface area contributed by atoms with Crippen molar-refractivity contribution in [3.63, 3.8) is 0 Å². The fourth-order valence-corrected chi connectivity index (χ4v) is 4.27. The Balaban J connectivity index is 1.89. The van der Waals surface area contributed by atoms with E-state index in [1.807, 2.05) is 38.1 Å². The molecular weight excluding hydrogens is 426 g/mol. The van der Waals surface area contributed by atoms with Gasteiger partial charge in [-0.25, -0.2) is 9.59 Å². The third-order valence-corrected chi connectivity index (χ3v) is 5.93. The summed E-state index contributed by atoms with van der Waals surface area (Å²) in [4.78, 5) is 38.4. The van der Waals surface area contributed by atoms with Gasteiger partial charge in [0.15, 0.2) is 0 Å². The number of anilines is 3. The Bertz CT molecular complexity index is 1160. The molecule has 0 aliphatic carbocycles. The minimum atomic E-state index is -0.596. The van der Waals surface area contributed by atoms with Gasteiger partial charge in [-0.2, -0.15) is 0 Å². The average molecular weight is 452 g/mol. The summed E-state index contributed by atoms with van der Waals surface area (Å²) in [6, 6.07) is 14.1. The molecule has 0 saturated carbocycles. The number of hydrogen-bond acceptors (Lipinski definition) is 5. The summed E-state index contributed by atoms with van der Waals surface area (Å²) in [7, 11) is 0. The summed E-state index contributed by atoms with van der Waals surface area (Å²) in [6.45, 7) is 7.43. The molecule has 2 aromatic carbocycles. The zero-order valence-electron chi connectivity index (χ0n) is 18.4. The number of nitrogens with one attached hydrogen (secondary N) is 3. The first kappa shape index (κ1) is 23.0. The number of ether oxygens (including phenoxy) is 1. The predicted octanol–water partition coefficient (Wildman–Crippen LogP) is 5.75. The largest absolute Gasteiger partial charge is 0.462 e. The van der Waals surface area contributed by atoms with Gasteiger partial charge in [-0.1, -0.05) is 35.9 Å². The molecule has 3 N–H and O–H groups in total. The van der Waals surface area contributed by atoms with Gasteiger partial charge in [-0.05, 0) is 57.0 Å². The lowest BCUT2D eigenvalue weighted by molar-refractivity contribution is 0.0527. The molecule has 0 fully saturated rings. The molecule has 3 amide bonds. The van der Waals surface area contributed by atoms with E-state index in [4.69, 9.17) is 4.74 Å². The van der Waals surface area contributed by atoms with Gasteiger partial charge in [0.25, 0.3) is 5.91 Å². The molecule has 3 rings (SSSR count). The molecular formula is C24H25N3O4S. The molecule has 0 spiro atoms. The maximum atomic E-state index is 13.0. The second-order valence-electron chi connectivity index (χ2n) is 7.20. The van der Waals surface area contributed by atoms with Crippen molar-refractivity contribution in [1.29, 1.82) is 0 Å². The van der Waals surface area contributed by atoms with Gasteiger partial charge in [0.05, 0.1) is 17.0 Å².